The summed E-state index contributed by atoms with van der Waals surface area (Å²) in [5.74, 6) is 1.20. The minimum Gasteiger partial charge on any atom is -0.372 e. The van der Waals surface area contributed by atoms with Crippen molar-refractivity contribution in [1.82, 2.24) is 9.97 Å². The van der Waals surface area contributed by atoms with Crippen LogP contribution in [0.3, 0.4) is 0 Å². The summed E-state index contributed by atoms with van der Waals surface area (Å²) in [5.41, 5.74) is 2.27. The van der Waals surface area contributed by atoms with E-state index in [2.05, 4.69) is 20.6 Å². The van der Waals surface area contributed by atoms with Gasteiger partial charge in [-0.05, 0) is 30.2 Å². The molecule has 0 atom stereocenters. The Labute approximate surface area is 122 Å². The average molecular weight is 297 g/mol. The van der Waals surface area contributed by atoms with Crippen LogP contribution in [-0.4, -0.2) is 17.0 Å². The van der Waals surface area contributed by atoms with Crippen LogP contribution in [0.2, 0.25) is 10.0 Å². The van der Waals surface area contributed by atoms with E-state index in [0.29, 0.717) is 28.2 Å². The van der Waals surface area contributed by atoms with Crippen LogP contribution in [0, 0.1) is 6.92 Å². The fourth-order valence-electron chi connectivity index (χ4n) is 1.65. The number of rotatable bonds is 4. The summed E-state index contributed by atoms with van der Waals surface area (Å²) >= 11 is 12.1. The lowest BCUT2D eigenvalue weighted by Crippen LogP contribution is -2.05. The normalized spacial score (nSPS) is 10.3. The lowest BCUT2D eigenvalue weighted by atomic mass is 10.1. The number of halogens is 2. The van der Waals surface area contributed by atoms with Crippen LogP contribution in [0.4, 0.5) is 11.6 Å². The number of hydrogen-bond acceptors (Lipinski definition) is 4. The molecule has 0 saturated carbocycles. The predicted molar refractivity (Wildman–Crippen MR) is 80.1 cm³/mol. The molecule has 0 aliphatic heterocycles. The van der Waals surface area contributed by atoms with Crippen LogP contribution in [0.25, 0.3) is 0 Å². The Morgan fingerprint density at radius 3 is 2.63 bits per heavy atom. The number of aromatic nitrogens is 2. The zero-order valence-corrected chi connectivity index (χ0v) is 12.2. The van der Waals surface area contributed by atoms with Crippen LogP contribution in [0.5, 0.6) is 0 Å². The molecule has 2 heterocycles. The molecule has 0 aliphatic carbocycles. The van der Waals surface area contributed by atoms with Crippen molar-refractivity contribution in [2.75, 3.05) is 17.7 Å². The second-order valence-electron chi connectivity index (χ2n) is 4.05. The van der Waals surface area contributed by atoms with Crippen molar-refractivity contribution in [3.8, 4) is 0 Å². The van der Waals surface area contributed by atoms with Crippen molar-refractivity contribution in [2.45, 2.75) is 13.5 Å². The van der Waals surface area contributed by atoms with Gasteiger partial charge in [0.2, 0.25) is 0 Å². The molecule has 0 fully saturated rings. The largest absolute Gasteiger partial charge is 0.372 e. The fourth-order valence-corrected chi connectivity index (χ4v) is 2.17. The Morgan fingerprint density at radius 2 is 1.95 bits per heavy atom. The Bertz CT molecular complexity index is 587. The highest BCUT2D eigenvalue weighted by atomic mass is 35.5. The van der Waals surface area contributed by atoms with E-state index in [-0.39, 0.29) is 0 Å². The fraction of sp³-hybridized carbons (Fsp3) is 0.231. The molecular formula is C13H14Cl2N4. The van der Waals surface area contributed by atoms with E-state index in [1.54, 1.807) is 19.3 Å². The van der Waals surface area contributed by atoms with E-state index < -0.39 is 0 Å². The number of anilines is 2. The average Bonchev–Trinajstić information content (AvgIpc) is 2.39. The van der Waals surface area contributed by atoms with Crippen molar-refractivity contribution in [3.63, 3.8) is 0 Å². The molecule has 4 nitrogen and oxygen atoms in total. The maximum absolute atomic E-state index is 6.11. The van der Waals surface area contributed by atoms with Gasteiger partial charge < -0.3 is 10.6 Å². The third kappa shape index (κ3) is 3.28. The molecule has 0 unspecified atom stereocenters. The molecule has 0 saturated heterocycles. The lowest BCUT2D eigenvalue weighted by Gasteiger charge is -2.11. The molecule has 0 bridgehead atoms. The van der Waals surface area contributed by atoms with Crippen molar-refractivity contribution < 1.29 is 0 Å². The van der Waals surface area contributed by atoms with E-state index in [0.717, 1.165) is 11.1 Å². The Hall–Kier alpha value is -1.52. The van der Waals surface area contributed by atoms with Gasteiger partial charge >= 0.3 is 0 Å². The van der Waals surface area contributed by atoms with E-state index in [1.807, 2.05) is 19.2 Å². The van der Waals surface area contributed by atoms with Crippen LogP contribution < -0.4 is 10.6 Å². The first kappa shape index (κ1) is 13.9. The van der Waals surface area contributed by atoms with Gasteiger partial charge in [-0.2, -0.15) is 0 Å². The monoisotopic (exact) mass is 296 g/mol. The van der Waals surface area contributed by atoms with Crippen molar-refractivity contribution in [3.05, 3.63) is 45.7 Å². The van der Waals surface area contributed by atoms with Crippen LogP contribution >= 0.6 is 23.2 Å². The van der Waals surface area contributed by atoms with Gasteiger partial charge in [0.15, 0.2) is 0 Å². The first-order valence-corrected chi connectivity index (χ1v) is 6.54. The van der Waals surface area contributed by atoms with Crippen LogP contribution in [-0.2, 0) is 6.54 Å². The Morgan fingerprint density at radius 1 is 1.21 bits per heavy atom. The minimum absolute atomic E-state index is 0.496. The lowest BCUT2D eigenvalue weighted by molar-refractivity contribution is 1.07. The van der Waals surface area contributed by atoms with E-state index >= 15 is 0 Å². The number of aryl methyl sites for hydroxylation is 1. The first-order chi connectivity index (χ1) is 9.11. The van der Waals surface area contributed by atoms with Crippen LogP contribution in [0.1, 0.15) is 11.1 Å². The maximum Gasteiger partial charge on any atom is 0.147 e. The number of hydrogen-bond donors (Lipinski definition) is 2. The van der Waals surface area contributed by atoms with Gasteiger partial charge in [-0.3, -0.25) is 4.98 Å². The molecule has 2 rings (SSSR count). The quantitative estimate of drug-likeness (QED) is 0.902. The molecule has 2 aromatic heterocycles. The van der Waals surface area contributed by atoms with Gasteiger partial charge in [0, 0.05) is 26.0 Å². The van der Waals surface area contributed by atoms with Gasteiger partial charge in [0.1, 0.15) is 11.6 Å². The standard InChI is InChI=1S/C13H14Cl2N4/c1-8-6-17-4-3-9(8)7-18-13-11(15)5-10(14)12(16-2)19-13/h3-6H,7H2,1-2H3,(H2,16,18,19). The van der Waals surface area contributed by atoms with Crippen molar-refractivity contribution in [2.24, 2.45) is 0 Å². The second kappa shape index (κ2) is 6.08. The molecule has 2 N–H and O–H groups in total. The van der Waals surface area contributed by atoms with Crippen molar-refractivity contribution >= 4 is 34.8 Å². The van der Waals surface area contributed by atoms with Gasteiger partial charge in [-0.15, -0.1) is 0 Å². The maximum atomic E-state index is 6.11. The summed E-state index contributed by atoms with van der Waals surface area (Å²) in [6.45, 7) is 2.64. The zero-order valence-electron chi connectivity index (χ0n) is 10.7. The highest BCUT2D eigenvalue weighted by Crippen LogP contribution is 2.29. The Kier molecular flexibility index (Phi) is 4.45. The second-order valence-corrected chi connectivity index (χ2v) is 4.87. The summed E-state index contributed by atoms with van der Waals surface area (Å²) in [5, 5.41) is 7.12. The van der Waals surface area contributed by atoms with Gasteiger partial charge in [-0.25, -0.2) is 4.98 Å². The summed E-state index contributed by atoms with van der Waals surface area (Å²) in [6.07, 6.45) is 3.59. The third-order valence-corrected chi connectivity index (χ3v) is 3.33. The molecule has 100 valence electrons. The third-order valence-electron chi connectivity index (χ3n) is 2.75. The van der Waals surface area contributed by atoms with E-state index in [9.17, 15) is 0 Å². The summed E-state index contributed by atoms with van der Waals surface area (Å²) in [4.78, 5) is 8.39. The highest BCUT2D eigenvalue weighted by Gasteiger charge is 2.08. The molecule has 0 radical (unpaired) electrons. The van der Waals surface area contributed by atoms with E-state index in [4.69, 9.17) is 23.2 Å². The molecular weight excluding hydrogens is 283 g/mol. The van der Waals surface area contributed by atoms with Gasteiger partial charge in [-0.1, -0.05) is 23.2 Å². The molecule has 0 aromatic carbocycles. The van der Waals surface area contributed by atoms with Gasteiger partial charge in [0.05, 0.1) is 10.0 Å². The summed E-state index contributed by atoms with van der Waals surface area (Å²) < 4.78 is 0. The van der Waals surface area contributed by atoms with Gasteiger partial charge in [0.25, 0.3) is 0 Å². The molecule has 6 heteroatoms. The van der Waals surface area contributed by atoms with Crippen molar-refractivity contribution in [1.29, 1.82) is 0 Å². The topological polar surface area (TPSA) is 49.8 Å². The molecule has 0 spiro atoms. The predicted octanol–water partition coefficient (Wildman–Crippen LogP) is 3.75. The first-order valence-electron chi connectivity index (χ1n) is 5.79. The molecule has 0 amide bonds. The van der Waals surface area contributed by atoms with E-state index in [1.165, 1.54) is 0 Å². The molecule has 19 heavy (non-hydrogen) atoms. The molecule has 0 aliphatic rings. The number of nitrogens with zero attached hydrogens (tertiary/aromatic N) is 2. The highest BCUT2D eigenvalue weighted by molar-refractivity contribution is 6.37. The Balaban J connectivity index is 2.18. The number of nitrogens with one attached hydrogen (secondary N) is 2. The summed E-state index contributed by atoms with van der Waals surface area (Å²) in [7, 11) is 1.76. The van der Waals surface area contributed by atoms with Crippen LogP contribution in [0.15, 0.2) is 24.5 Å². The minimum atomic E-state index is 0.496. The smallest absolute Gasteiger partial charge is 0.147 e. The SMILES string of the molecule is CNc1nc(NCc2ccncc2C)c(Cl)cc1Cl. The summed E-state index contributed by atoms with van der Waals surface area (Å²) in [6, 6.07) is 3.63. The molecule has 2 aromatic rings. The number of pyridine rings is 2. The zero-order chi connectivity index (χ0) is 13.8.